The Kier molecular flexibility index (Phi) is 6.44. The van der Waals surface area contributed by atoms with E-state index in [1.165, 1.54) is 30.3 Å². The summed E-state index contributed by atoms with van der Waals surface area (Å²) < 4.78 is 32.6. The van der Waals surface area contributed by atoms with E-state index in [4.69, 9.17) is 16.3 Å². The molecule has 30 heavy (non-hydrogen) atoms. The van der Waals surface area contributed by atoms with Gasteiger partial charge in [0, 0.05) is 5.56 Å². The topological polar surface area (TPSA) is 75.6 Å². The summed E-state index contributed by atoms with van der Waals surface area (Å²) in [5.41, 5.74) is 0.401. The number of amides is 1. The number of carboxylic acid groups (broad SMARTS) is 1. The molecular weight excluding hydrogens is 416 g/mol. The standard InChI is InChI=1S/C22H14ClF2NO4/c23-19-16(24)10-11-17(25)20(19)30-15-8-6-13(7-9-15)12-18(22(28)29)26-21(27)14-4-2-1-3-5-14/h1-12H,(H,26,27)(H,28,29)/b18-12+. The summed E-state index contributed by atoms with van der Waals surface area (Å²) in [5.74, 6) is -3.85. The summed E-state index contributed by atoms with van der Waals surface area (Å²) in [6.07, 6.45) is 1.25. The predicted molar refractivity (Wildman–Crippen MR) is 107 cm³/mol. The lowest BCUT2D eigenvalue weighted by molar-refractivity contribution is -0.132. The SMILES string of the molecule is O=C(O)/C(=C\c1ccc(Oc2c(F)ccc(F)c2Cl)cc1)NC(=O)c1ccccc1. The number of hydrogen-bond donors (Lipinski definition) is 2. The molecule has 0 aromatic heterocycles. The molecule has 2 N–H and O–H groups in total. The lowest BCUT2D eigenvalue weighted by atomic mass is 10.1. The van der Waals surface area contributed by atoms with Gasteiger partial charge in [0.1, 0.15) is 22.3 Å². The summed E-state index contributed by atoms with van der Waals surface area (Å²) in [6, 6.07) is 15.7. The van der Waals surface area contributed by atoms with Gasteiger partial charge in [0.25, 0.3) is 5.91 Å². The highest BCUT2D eigenvalue weighted by molar-refractivity contribution is 6.32. The van der Waals surface area contributed by atoms with Gasteiger partial charge in [0.05, 0.1) is 0 Å². The normalized spacial score (nSPS) is 11.1. The van der Waals surface area contributed by atoms with Gasteiger partial charge in [-0.1, -0.05) is 41.9 Å². The van der Waals surface area contributed by atoms with Gasteiger partial charge in [0.15, 0.2) is 11.6 Å². The molecule has 0 unspecified atom stereocenters. The fraction of sp³-hybridized carbons (Fsp3) is 0. The van der Waals surface area contributed by atoms with Crippen molar-refractivity contribution in [1.29, 1.82) is 0 Å². The van der Waals surface area contributed by atoms with Crippen molar-refractivity contribution in [3.63, 3.8) is 0 Å². The maximum atomic E-state index is 13.8. The molecule has 0 aliphatic carbocycles. The molecule has 0 heterocycles. The monoisotopic (exact) mass is 429 g/mol. The van der Waals surface area contributed by atoms with Crippen LogP contribution in [0.3, 0.4) is 0 Å². The van der Waals surface area contributed by atoms with Crippen LogP contribution in [0.25, 0.3) is 6.08 Å². The van der Waals surface area contributed by atoms with Crippen LogP contribution in [-0.2, 0) is 4.79 Å². The van der Waals surface area contributed by atoms with Crippen molar-refractivity contribution in [2.75, 3.05) is 0 Å². The van der Waals surface area contributed by atoms with Gasteiger partial charge < -0.3 is 15.2 Å². The highest BCUT2D eigenvalue weighted by atomic mass is 35.5. The number of hydrogen-bond acceptors (Lipinski definition) is 3. The Bertz CT molecular complexity index is 1120. The average molecular weight is 430 g/mol. The molecule has 0 bridgehead atoms. The molecule has 0 atom stereocenters. The van der Waals surface area contributed by atoms with Crippen molar-refractivity contribution in [2.24, 2.45) is 0 Å². The maximum absolute atomic E-state index is 13.8. The smallest absolute Gasteiger partial charge is 0.352 e. The third-order valence-corrected chi connectivity index (χ3v) is 4.28. The minimum Gasteiger partial charge on any atom is -0.477 e. The van der Waals surface area contributed by atoms with Crippen LogP contribution >= 0.6 is 11.6 Å². The predicted octanol–water partition coefficient (Wildman–Crippen LogP) is 5.27. The van der Waals surface area contributed by atoms with Gasteiger partial charge in [0.2, 0.25) is 0 Å². The molecular formula is C22H14ClF2NO4. The van der Waals surface area contributed by atoms with E-state index >= 15 is 0 Å². The van der Waals surface area contributed by atoms with E-state index in [1.54, 1.807) is 30.3 Å². The quantitative estimate of drug-likeness (QED) is 0.413. The van der Waals surface area contributed by atoms with Gasteiger partial charge >= 0.3 is 5.97 Å². The summed E-state index contributed by atoms with van der Waals surface area (Å²) in [6.45, 7) is 0. The highest BCUT2D eigenvalue weighted by Gasteiger charge is 2.15. The molecule has 3 aromatic rings. The van der Waals surface area contributed by atoms with Gasteiger partial charge in [-0.3, -0.25) is 4.79 Å². The molecule has 5 nitrogen and oxygen atoms in total. The zero-order valence-corrected chi connectivity index (χ0v) is 16.0. The molecule has 3 aromatic carbocycles. The van der Waals surface area contributed by atoms with Gasteiger partial charge in [-0.2, -0.15) is 0 Å². The summed E-state index contributed by atoms with van der Waals surface area (Å²) in [5, 5.41) is 11.2. The Hall–Kier alpha value is -3.71. The molecule has 1 amide bonds. The Labute approximate surface area is 175 Å². The molecule has 0 spiro atoms. The first-order valence-electron chi connectivity index (χ1n) is 8.58. The van der Waals surface area contributed by atoms with Crippen molar-refractivity contribution in [1.82, 2.24) is 5.32 Å². The number of aliphatic carboxylic acids is 1. The fourth-order valence-electron chi connectivity index (χ4n) is 2.45. The third kappa shape index (κ3) is 5.01. The van der Waals surface area contributed by atoms with Crippen LogP contribution in [-0.4, -0.2) is 17.0 Å². The number of carbonyl (C=O) groups is 2. The number of nitrogens with one attached hydrogen (secondary N) is 1. The Balaban J connectivity index is 1.79. The van der Waals surface area contributed by atoms with E-state index in [1.807, 2.05) is 0 Å². The Morgan fingerprint density at radius 1 is 0.933 bits per heavy atom. The average Bonchev–Trinajstić information content (AvgIpc) is 2.75. The first kappa shape index (κ1) is 21.0. The van der Waals surface area contributed by atoms with E-state index in [-0.39, 0.29) is 11.4 Å². The maximum Gasteiger partial charge on any atom is 0.352 e. The first-order chi connectivity index (χ1) is 14.3. The van der Waals surface area contributed by atoms with E-state index in [0.717, 1.165) is 12.1 Å². The Morgan fingerprint density at radius 3 is 2.20 bits per heavy atom. The molecule has 0 fully saturated rings. The number of rotatable bonds is 6. The van der Waals surface area contributed by atoms with Crippen LogP contribution in [0.4, 0.5) is 8.78 Å². The second-order valence-electron chi connectivity index (χ2n) is 6.03. The third-order valence-electron chi connectivity index (χ3n) is 3.93. The zero-order valence-electron chi connectivity index (χ0n) is 15.2. The number of halogens is 3. The summed E-state index contributed by atoms with van der Waals surface area (Å²) >= 11 is 5.73. The van der Waals surface area contributed by atoms with E-state index < -0.39 is 34.3 Å². The number of ether oxygens (including phenoxy) is 1. The van der Waals surface area contributed by atoms with E-state index in [9.17, 15) is 23.5 Å². The lowest BCUT2D eigenvalue weighted by Gasteiger charge is -2.10. The molecule has 0 radical (unpaired) electrons. The van der Waals surface area contributed by atoms with Crippen molar-refractivity contribution < 1.29 is 28.2 Å². The molecule has 0 aliphatic rings. The van der Waals surface area contributed by atoms with Gasteiger partial charge in [-0.05, 0) is 48.0 Å². The molecule has 3 rings (SSSR count). The van der Waals surface area contributed by atoms with E-state index in [0.29, 0.717) is 11.1 Å². The molecule has 0 saturated heterocycles. The van der Waals surface area contributed by atoms with Crippen molar-refractivity contribution in [3.8, 4) is 11.5 Å². The molecule has 0 saturated carbocycles. The molecule has 8 heteroatoms. The summed E-state index contributed by atoms with van der Waals surface area (Å²) in [7, 11) is 0. The second kappa shape index (κ2) is 9.19. The van der Waals surface area contributed by atoms with Crippen molar-refractivity contribution >= 4 is 29.6 Å². The molecule has 0 aliphatic heterocycles. The van der Waals surface area contributed by atoms with Crippen LogP contribution in [0.2, 0.25) is 5.02 Å². The number of carboxylic acids is 1. The van der Waals surface area contributed by atoms with E-state index in [2.05, 4.69) is 5.32 Å². The minimum atomic E-state index is -1.33. The highest BCUT2D eigenvalue weighted by Crippen LogP contribution is 2.34. The van der Waals surface area contributed by atoms with Crippen LogP contribution in [0.1, 0.15) is 15.9 Å². The van der Waals surface area contributed by atoms with Crippen molar-refractivity contribution in [2.45, 2.75) is 0 Å². The molecule has 152 valence electrons. The first-order valence-corrected chi connectivity index (χ1v) is 8.96. The lowest BCUT2D eigenvalue weighted by Crippen LogP contribution is -2.27. The zero-order chi connectivity index (χ0) is 21.7. The van der Waals surface area contributed by atoms with Gasteiger partial charge in [-0.15, -0.1) is 0 Å². The number of carbonyl (C=O) groups excluding carboxylic acids is 1. The van der Waals surface area contributed by atoms with Gasteiger partial charge in [-0.25, -0.2) is 13.6 Å². The number of benzene rings is 3. The van der Waals surface area contributed by atoms with Crippen LogP contribution in [0.5, 0.6) is 11.5 Å². The minimum absolute atomic E-state index is 0.156. The van der Waals surface area contributed by atoms with Crippen LogP contribution < -0.4 is 10.1 Å². The van der Waals surface area contributed by atoms with Crippen LogP contribution in [0, 0.1) is 11.6 Å². The van der Waals surface area contributed by atoms with Crippen LogP contribution in [0.15, 0.2) is 72.4 Å². The Morgan fingerprint density at radius 2 is 1.57 bits per heavy atom. The second-order valence-corrected chi connectivity index (χ2v) is 6.40. The fourth-order valence-corrected chi connectivity index (χ4v) is 2.65. The van der Waals surface area contributed by atoms with Crippen molar-refractivity contribution in [3.05, 3.63) is 100 Å². The summed E-state index contributed by atoms with van der Waals surface area (Å²) in [4.78, 5) is 23.7. The largest absolute Gasteiger partial charge is 0.477 e.